The molecule has 3 heteroatoms. The Kier molecular flexibility index (Phi) is 14.3. The van der Waals surface area contributed by atoms with Crippen molar-refractivity contribution in [1.29, 1.82) is 0 Å². The van der Waals surface area contributed by atoms with Crippen molar-refractivity contribution < 1.29 is 0 Å². The molecular weight excluding hydrogens is 1210 g/mol. The predicted octanol–water partition coefficient (Wildman–Crippen LogP) is 25.8. The lowest BCUT2D eigenvalue weighted by molar-refractivity contribution is 1.02. The van der Waals surface area contributed by atoms with Gasteiger partial charge in [-0.1, -0.05) is 297 Å². The van der Waals surface area contributed by atoms with Crippen molar-refractivity contribution >= 4 is 65.4 Å². The minimum absolute atomic E-state index is 0.246. The maximum atomic E-state index is 2.38. The summed E-state index contributed by atoms with van der Waals surface area (Å²) in [4.78, 5) is 0. The highest BCUT2D eigenvalue weighted by molar-refractivity contribution is 6.14. The summed E-state index contributed by atoms with van der Waals surface area (Å²) in [5.41, 5.74) is 32.3. The van der Waals surface area contributed by atoms with E-state index in [-0.39, 0.29) is 5.92 Å². The first-order valence-electron chi connectivity index (χ1n) is 34.6. The Morgan fingerprint density at radius 2 is 0.400 bits per heavy atom. The second-order valence-corrected chi connectivity index (χ2v) is 26.2. The van der Waals surface area contributed by atoms with Gasteiger partial charge in [0.25, 0.3) is 0 Å². The van der Waals surface area contributed by atoms with Crippen molar-refractivity contribution in [3.8, 4) is 95.0 Å². The smallest absolute Gasteiger partial charge is 0.0541 e. The van der Waals surface area contributed by atoms with Crippen LogP contribution in [0.2, 0.25) is 0 Å². The first-order chi connectivity index (χ1) is 49.7. The highest BCUT2D eigenvalue weighted by atomic mass is 15.0. The molecule has 3 heterocycles. The van der Waals surface area contributed by atoms with Crippen molar-refractivity contribution in [1.82, 2.24) is 13.7 Å². The normalized spacial score (nSPS) is 12.0. The number of nitrogens with zero attached hydrogens (tertiary/aromatic N) is 3. The van der Waals surface area contributed by atoms with Crippen LogP contribution in [0.15, 0.2) is 388 Å². The molecule has 0 radical (unpaired) electrons. The molecule has 0 fully saturated rings. The fourth-order valence-corrected chi connectivity index (χ4v) is 16.2. The number of fused-ring (bicyclic) bond motifs is 12. The summed E-state index contributed by atoms with van der Waals surface area (Å²) in [6.07, 6.45) is 0. The van der Waals surface area contributed by atoms with Crippen LogP contribution in [0.4, 0.5) is 0 Å². The van der Waals surface area contributed by atoms with Crippen LogP contribution in [0, 0.1) is 0 Å². The third-order valence-corrected chi connectivity index (χ3v) is 20.7. The third-order valence-electron chi connectivity index (χ3n) is 20.7. The molecule has 1 aliphatic carbocycles. The van der Waals surface area contributed by atoms with Crippen LogP contribution < -0.4 is 0 Å². The molecule has 0 saturated heterocycles. The fourth-order valence-electron chi connectivity index (χ4n) is 16.2. The van der Waals surface area contributed by atoms with Crippen LogP contribution in [-0.2, 0) is 0 Å². The van der Waals surface area contributed by atoms with E-state index in [0.29, 0.717) is 0 Å². The van der Waals surface area contributed by atoms with E-state index in [1.807, 2.05) is 0 Å². The molecule has 0 unspecified atom stereocenters. The molecule has 20 rings (SSSR count). The number of para-hydroxylation sites is 6. The van der Waals surface area contributed by atoms with Crippen molar-refractivity contribution in [3.63, 3.8) is 0 Å². The number of benzene rings is 16. The summed E-state index contributed by atoms with van der Waals surface area (Å²) in [7, 11) is 0. The summed E-state index contributed by atoms with van der Waals surface area (Å²) >= 11 is 0. The van der Waals surface area contributed by atoms with Gasteiger partial charge in [0.15, 0.2) is 0 Å². The van der Waals surface area contributed by atoms with E-state index in [1.54, 1.807) is 0 Å². The summed E-state index contributed by atoms with van der Waals surface area (Å²) in [6, 6.07) is 141. The minimum atomic E-state index is 0.246. The number of hydrogen-bond acceptors (Lipinski definition) is 0. The molecule has 0 spiro atoms. The molecular formula is C97H65N3. The zero-order valence-electron chi connectivity index (χ0n) is 54.9. The van der Waals surface area contributed by atoms with E-state index in [0.717, 1.165) is 0 Å². The summed E-state index contributed by atoms with van der Waals surface area (Å²) < 4.78 is 7.13. The summed E-state index contributed by atoms with van der Waals surface area (Å²) in [5.74, 6) is 0.246. The Labute approximate surface area is 581 Å². The van der Waals surface area contributed by atoms with E-state index in [9.17, 15) is 0 Å². The van der Waals surface area contributed by atoms with Gasteiger partial charge in [-0.15, -0.1) is 0 Å². The van der Waals surface area contributed by atoms with Crippen molar-refractivity contribution in [3.05, 3.63) is 405 Å². The molecule has 0 aliphatic heterocycles. The lowest BCUT2D eigenvalue weighted by Gasteiger charge is -2.17. The molecule has 1 aliphatic rings. The van der Waals surface area contributed by atoms with Crippen LogP contribution in [0.1, 0.15) is 22.6 Å². The van der Waals surface area contributed by atoms with Crippen molar-refractivity contribution in [2.75, 3.05) is 0 Å². The van der Waals surface area contributed by atoms with Gasteiger partial charge in [-0.3, -0.25) is 0 Å². The molecule has 468 valence electrons. The monoisotopic (exact) mass is 1270 g/mol. The van der Waals surface area contributed by atoms with Crippen LogP contribution in [-0.4, -0.2) is 13.7 Å². The first-order valence-corrected chi connectivity index (χ1v) is 34.6. The van der Waals surface area contributed by atoms with Crippen molar-refractivity contribution in [2.24, 2.45) is 0 Å². The van der Waals surface area contributed by atoms with E-state index in [4.69, 9.17) is 0 Å². The number of hydrogen-bond donors (Lipinski definition) is 0. The molecule has 19 aromatic rings. The van der Waals surface area contributed by atoms with Crippen LogP contribution in [0.3, 0.4) is 0 Å². The maximum absolute atomic E-state index is 2.38. The Morgan fingerprint density at radius 3 is 0.730 bits per heavy atom. The molecule has 100 heavy (non-hydrogen) atoms. The second-order valence-electron chi connectivity index (χ2n) is 26.2. The average Bonchev–Trinajstić information content (AvgIpc) is 1.58. The van der Waals surface area contributed by atoms with Gasteiger partial charge >= 0.3 is 0 Å². The zero-order valence-corrected chi connectivity index (χ0v) is 54.9. The third kappa shape index (κ3) is 9.81. The summed E-state index contributed by atoms with van der Waals surface area (Å²) in [5, 5.41) is 7.55. The molecule has 16 aromatic carbocycles. The Bertz CT molecular complexity index is 6080. The SMILES string of the molecule is c1ccc(-n2c3ccccc3c3cc(-c4ccccc4-c4ccccc4-c4ccc(C5c6ccccc6-c6ccccc65)cc4)ccc32)cc1.c1ccc(-n2c3ccccc3c3cc(-c4ccccc4-c4ccccc4-c4ccc5c(c4)c4ccccc4n5-c4ccccc4)ccc32)cc1. The van der Waals surface area contributed by atoms with E-state index >= 15 is 0 Å². The second kappa shape index (κ2) is 24.5. The van der Waals surface area contributed by atoms with E-state index in [2.05, 4.69) is 402 Å². The molecule has 0 bridgehead atoms. The Morgan fingerprint density at radius 1 is 0.160 bits per heavy atom. The summed E-state index contributed by atoms with van der Waals surface area (Å²) in [6.45, 7) is 0. The van der Waals surface area contributed by atoms with Gasteiger partial charge in [0.05, 0.1) is 33.1 Å². The van der Waals surface area contributed by atoms with Crippen LogP contribution in [0.5, 0.6) is 0 Å². The first kappa shape index (κ1) is 58.3. The van der Waals surface area contributed by atoms with Crippen molar-refractivity contribution in [2.45, 2.75) is 5.92 Å². The quantitative estimate of drug-likeness (QED) is 0.130. The minimum Gasteiger partial charge on any atom is -0.309 e. The van der Waals surface area contributed by atoms with E-state index in [1.165, 1.54) is 177 Å². The maximum Gasteiger partial charge on any atom is 0.0541 e. The topological polar surface area (TPSA) is 14.8 Å². The predicted molar refractivity (Wildman–Crippen MR) is 421 cm³/mol. The van der Waals surface area contributed by atoms with Gasteiger partial charge in [-0.05, 0) is 186 Å². The number of aromatic nitrogens is 3. The van der Waals surface area contributed by atoms with E-state index < -0.39 is 0 Å². The van der Waals surface area contributed by atoms with Crippen LogP contribution in [0.25, 0.3) is 160 Å². The fraction of sp³-hybridized carbons (Fsp3) is 0.0103. The zero-order chi connectivity index (χ0) is 66.0. The molecule has 0 amide bonds. The molecule has 3 aromatic heterocycles. The molecule has 0 saturated carbocycles. The number of rotatable bonds is 10. The molecule has 0 N–H and O–H groups in total. The van der Waals surface area contributed by atoms with Gasteiger partial charge < -0.3 is 13.7 Å². The van der Waals surface area contributed by atoms with Gasteiger partial charge in [0.1, 0.15) is 0 Å². The molecule has 0 atom stereocenters. The molecule has 3 nitrogen and oxygen atoms in total. The lowest BCUT2D eigenvalue weighted by atomic mass is 9.86. The lowest BCUT2D eigenvalue weighted by Crippen LogP contribution is -1.99. The Balaban J connectivity index is 0.000000139. The van der Waals surface area contributed by atoms with Gasteiger partial charge in [0, 0.05) is 55.3 Å². The highest BCUT2D eigenvalue weighted by Gasteiger charge is 2.30. The Hall–Kier alpha value is -13.1. The van der Waals surface area contributed by atoms with Gasteiger partial charge in [-0.2, -0.15) is 0 Å². The van der Waals surface area contributed by atoms with Crippen LogP contribution >= 0.6 is 0 Å². The average molecular weight is 1270 g/mol. The highest BCUT2D eigenvalue weighted by Crippen LogP contribution is 2.50. The van der Waals surface area contributed by atoms with Gasteiger partial charge in [-0.25, -0.2) is 0 Å². The van der Waals surface area contributed by atoms with Gasteiger partial charge in [0.2, 0.25) is 0 Å². The standard InChI is InChI=1S/C49H33N.C48H32N2/c1-2-14-36(15-3-1)50-47-25-13-12-22-43(47)46-32-35(30-31-48(46)50)38-17-5-7-19-40(38)39-18-6-4-16-37(39)33-26-28-34(29-27-33)49-44-23-10-8-20-41(44)42-21-9-11-24-45(42)49;1-3-15-35(16-4-1)49-45-25-13-11-23-41(45)43-31-33(27-29-47(43)49)37-19-7-9-21-39(37)40-22-10-8-20-38(40)34-28-30-48-44(32-34)42-24-12-14-26-46(42)50(48)36-17-5-2-6-18-36/h1-32,49H;1-32H. The largest absolute Gasteiger partial charge is 0.309 e.